The van der Waals surface area contributed by atoms with Gasteiger partial charge < -0.3 is 14.8 Å². The summed E-state index contributed by atoms with van der Waals surface area (Å²) in [5, 5.41) is 3.46. The molecule has 0 aromatic heterocycles. The molecule has 2 rings (SSSR count). The van der Waals surface area contributed by atoms with Crippen molar-refractivity contribution in [3.8, 4) is 0 Å². The summed E-state index contributed by atoms with van der Waals surface area (Å²) in [4.78, 5) is 0. The molecule has 1 aromatic rings. The second kappa shape index (κ2) is 8.22. The maximum absolute atomic E-state index is 13.7. The Bertz CT molecular complexity index is 450. The van der Waals surface area contributed by atoms with Gasteiger partial charge in [-0.2, -0.15) is 0 Å². The lowest BCUT2D eigenvalue weighted by Gasteiger charge is -2.38. The molecule has 0 saturated carbocycles. The second-order valence-electron chi connectivity index (χ2n) is 5.67. The average Bonchev–Trinajstić information content (AvgIpc) is 2.50. The molecule has 0 amide bonds. The summed E-state index contributed by atoms with van der Waals surface area (Å²) < 4.78 is 24.9. The fourth-order valence-corrected chi connectivity index (χ4v) is 3.24. The van der Waals surface area contributed by atoms with Crippen molar-refractivity contribution in [3.05, 3.63) is 34.1 Å². The van der Waals surface area contributed by atoms with E-state index >= 15 is 0 Å². The highest BCUT2D eigenvalue weighted by Gasteiger charge is 2.33. The van der Waals surface area contributed by atoms with Crippen molar-refractivity contribution >= 4 is 15.9 Å². The summed E-state index contributed by atoms with van der Waals surface area (Å²) in [7, 11) is 1.70. The lowest BCUT2D eigenvalue weighted by atomic mass is 9.75. The van der Waals surface area contributed by atoms with E-state index in [1.54, 1.807) is 13.2 Å². The summed E-state index contributed by atoms with van der Waals surface area (Å²) in [5.41, 5.74) is 1.16. The van der Waals surface area contributed by atoms with Crippen molar-refractivity contribution in [3.63, 3.8) is 0 Å². The molecule has 1 fully saturated rings. The minimum Gasteiger partial charge on any atom is -0.383 e. The van der Waals surface area contributed by atoms with Crippen LogP contribution in [0.15, 0.2) is 22.7 Å². The molecular weight excluding hydrogens is 337 g/mol. The van der Waals surface area contributed by atoms with Gasteiger partial charge in [0.25, 0.3) is 0 Å². The minimum absolute atomic E-state index is 0.127. The number of nitrogens with one attached hydrogen (secondary N) is 1. The van der Waals surface area contributed by atoms with Gasteiger partial charge in [0.2, 0.25) is 0 Å². The first-order valence-corrected chi connectivity index (χ1v) is 8.16. The molecule has 0 spiro atoms. The molecule has 0 aliphatic carbocycles. The van der Waals surface area contributed by atoms with Gasteiger partial charge in [-0.25, -0.2) is 4.39 Å². The molecule has 1 aliphatic heterocycles. The number of rotatable bonds is 7. The first-order valence-electron chi connectivity index (χ1n) is 7.37. The van der Waals surface area contributed by atoms with Crippen molar-refractivity contribution < 1.29 is 13.9 Å². The number of halogens is 2. The lowest BCUT2D eigenvalue weighted by molar-refractivity contribution is 0.0142. The molecule has 21 heavy (non-hydrogen) atoms. The highest BCUT2D eigenvalue weighted by Crippen LogP contribution is 2.36. The van der Waals surface area contributed by atoms with Crippen molar-refractivity contribution in [2.24, 2.45) is 5.41 Å². The van der Waals surface area contributed by atoms with Gasteiger partial charge in [0.15, 0.2) is 0 Å². The fourth-order valence-electron chi connectivity index (χ4n) is 2.84. The lowest BCUT2D eigenvalue weighted by Crippen LogP contribution is -2.41. The summed E-state index contributed by atoms with van der Waals surface area (Å²) in [6, 6.07) is 5.27. The molecule has 1 aromatic carbocycles. The van der Waals surface area contributed by atoms with Crippen LogP contribution in [0, 0.1) is 11.2 Å². The third-order valence-corrected chi connectivity index (χ3v) is 5.02. The topological polar surface area (TPSA) is 30.5 Å². The normalized spacial score (nSPS) is 17.9. The molecule has 1 aliphatic rings. The number of hydrogen-bond acceptors (Lipinski definition) is 3. The molecule has 5 heteroatoms. The molecular formula is C16H23BrFNO2. The van der Waals surface area contributed by atoms with Crippen LogP contribution < -0.4 is 5.32 Å². The fraction of sp³-hybridized carbons (Fsp3) is 0.625. The predicted octanol–water partition coefficient (Wildman–Crippen LogP) is 3.16. The minimum atomic E-state index is -0.193. The predicted molar refractivity (Wildman–Crippen MR) is 85.0 cm³/mol. The highest BCUT2D eigenvalue weighted by molar-refractivity contribution is 9.10. The third kappa shape index (κ3) is 4.74. The Labute approximate surface area is 134 Å². The van der Waals surface area contributed by atoms with E-state index in [4.69, 9.17) is 9.47 Å². The first kappa shape index (κ1) is 16.9. The molecule has 0 radical (unpaired) electrons. The van der Waals surface area contributed by atoms with Crippen molar-refractivity contribution in [1.82, 2.24) is 5.32 Å². The Morgan fingerprint density at radius 2 is 2.14 bits per heavy atom. The molecule has 3 nitrogen and oxygen atoms in total. The second-order valence-corrected chi connectivity index (χ2v) is 6.46. The van der Waals surface area contributed by atoms with Crippen LogP contribution in [0.4, 0.5) is 4.39 Å². The Kier molecular flexibility index (Phi) is 6.61. The van der Waals surface area contributed by atoms with E-state index in [-0.39, 0.29) is 11.2 Å². The summed E-state index contributed by atoms with van der Waals surface area (Å²) in [6.07, 6.45) is 2.85. The van der Waals surface area contributed by atoms with Crippen LogP contribution in [0.1, 0.15) is 18.4 Å². The summed E-state index contributed by atoms with van der Waals surface area (Å²) in [5.74, 6) is -0.193. The van der Waals surface area contributed by atoms with Crippen LogP contribution in [-0.4, -0.2) is 40.0 Å². The zero-order valence-corrected chi connectivity index (χ0v) is 14.0. The molecule has 1 N–H and O–H groups in total. The van der Waals surface area contributed by atoms with Crippen LogP contribution >= 0.6 is 15.9 Å². The third-order valence-electron chi connectivity index (χ3n) is 4.13. The number of benzene rings is 1. The Morgan fingerprint density at radius 1 is 1.38 bits per heavy atom. The van der Waals surface area contributed by atoms with E-state index in [1.807, 2.05) is 6.07 Å². The quantitative estimate of drug-likeness (QED) is 0.758. The maximum atomic E-state index is 13.7. The van der Waals surface area contributed by atoms with Gasteiger partial charge in [-0.3, -0.25) is 0 Å². The molecule has 1 heterocycles. The largest absolute Gasteiger partial charge is 0.383 e. The molecule has 0 atom stereocenters. The van der Waals surface area contributed by atoms with Gasteiger partial charge in [0, 0.05) is 33.4 Å². The molecule has 0 bridgehead atoms. The van der Waals surface area contributed by atoms with Gasteiger partial charge in [0.05, 0.1) is 11.1 Å². The van der Waals surface area contributed by atoms with E-state index in [9.17, 15) is 4.39 Å². The first-order chi connectivity index (χ1) is 10.2. The molecule has 118 valence electrons. The maximum Gasteiger partial charge on any atom is 0.137 e. The van der Waals surface area contributed by atoms with Gasteiger partial charge in [-0.05, 0) is 52.2 Å². The van der Waals surface area contributed by atoms with Crippen LogP contribution in [0.2, 0.25) is 0 Å². The monoisotopic (exact) mass is 359 g/mol. The van der Waals surface area contributed by atoms with Gasteiger partial charge in [0.1, 0.15) is 5.82 Å². The van der Waals surface area contributed by atoms with E-state index in [0.717, 1.165) is 51.1 Å². The number of hydrogen-bond donors (Lipinski definition) is 1. The van der Waals surface area contributed by atoms with Crippen molar-refractivity contribution in [2.75, 3.05) is 40.0 Å². The average molecular weight is 360 g/mol. The summed E-state index contributed by atoms with van der Waals surface area (Å²) in [6.45, 7) is 4.00. The van der Waals surface area contributed by atoms with Crippen LogP contribution in [0.3, 0.4) is 0 Å². The Balaban J connectivity index is 2.06. The van der Waals surface area contributed by atoms with Crippen LogP contribution in [0.25, 0.3) is 0 Å². The van der Waals surface area contributed by atoms with Gasteiger partial charge in [-0.15, -0.1) is 0 Å². The van der Waals surface area contributed by atoms with E-state index in [1.165, 1.54) is 6.07 Å². The zero-order valence-electron chi connectivity index (χ0n) is 12.5. The van der Waals surface area contributed by atoms with Crippen molar-refractivity contribution in [1.29, 1.82) is 0 Å². The summed E-state index contributed by atoms with van der Waals surface area (Å²) >= 11 is 3.38. The van der Waals surface area contributed by atoms with Gasteiger partial charge in [-0.1, -0.05) is 12.1 Å². The van der Waals surface area contributed by atoms with E-state index in [0.29, 0.717) is 11.1 Å². The Morgan fingerprint density at radius 3 is 2.86 bits per heavy atom. The smallest absolute Gasteiger partial charge is 0.137 e. The number of methoxy groups -OCH3 is 1. The zero-order chi connectivity index (χ0) is 15.1. The van der Waals surface area contributed by atoms with E-state index in [2.05, 4.69) is 21.2 Å². The van der Waals surface area contributed by atoms with Crippen molar-refractivity contribution in [2.45, 2.75) is 19.3 Å². The SMILES string of the molecule is COCCNCC1(Cc2cccc(F)c2Br)CCOCC1. The van der Waals surface area contributed by atoms with Crippen LogP contribution in [0.5, 0.6) is 0 Å². The van der Waals surface area contributed by atoms with Crippen LogP contribution in [-0.2, 0) is 15.9 Å². The highest BCUT2D eigenvalue weighted by atomic mass is 79.9. The van der Waals surface area contributed by atoms with Gasteiger partial charge >= 0.3 is 0 Å². The number of ether oxygens (including phenoxy) is 2. The Hall–Kier alpha value is -0.490. The van der Waals surface area contributed by atoms with E-state index < -0.39 is 0 Å². The molecule has 0 unspecified atom stereocenters. The molecule has 1 saturated heterocycles. The standard InChI is InChI=1S/C16H23BrFNO2/c1-20-10-7-19-12-16(5-8-21-9-6-16)11-13-3-2-4-14(18)15(13)17/h2-4,19H,5-12H2,1H3.